The molecule has 5 nitrogen and oxygen atoms in total. The molecule has 1 aliphatic heterocycles. The van der Waals surface area contributed by atoms with Crippen molar-refractivity contribution in [3.63, 3.8) is 0 Å². The molecule has 2 heterocycles. The van der Waals surface area contributed by atoms with Gasteiger partial charge >= 0.3 is 5.97 Å². The van der Waals surface area contributed by atoms with Crippen LogP contribution >= 0.6 is 0 Å². The van der Waals surface area contributed by atoms with E-state index >= 15 is 0 Å². The Morgan fingerprint density at radius 2 is 2.53 bits per heavy atom. The third kappa shape index (κ3) is 2.27. The van der Waals surface area contributed by atoms with E-state index in [9.17, 15) is 9.59 Å². The highest BCUT2D eigenvalue weighted by Crippen LogP contribution is 2.32. The largest absolute Gasteiger partial charge is 0.452 e. The molecule has 0 saturated carbocycles. The molecule has 0 spiro atoms. The second-order valence-electron chi connectivity index (χ2n) is 3.84. The van der Waals surface area contributed by atoms with Crippen LogP contribution in [0.15, 0.2) is 24.5 Å². The summed E-state index contributed by atoms with van der Waals surface area (Å²) < 4.78 is 27.4. The van der Waals surface area contributed by atoms with E-state index in [2.05, 4.69) is 4.98 Å². The summed E-state index contributed by atoms with van der Waals surface area (Å²) in [5.41, 5.74) is 0.603. The number of esters is 1. The van der Waals surface area contributed by atoms with Crippen LogP contribution in [0.4, 0.5) is 0 Å². The van der Waals surface area contributed by atoms with E-state index in [1.807, 2.05) is 0 Å². The van der Waals surface area contributed by atoms with Gasteiger partial charge in [0.25, 0.3) is 5.91 Å². The Labute approximate surface area is 104 Å². The first-order valence-electron chi connectivity index (χ1n) is 6.71. The molecule has 0 bridgehead atoms. The maximum atomic E-state index is 12.1. The van der Waals surface area contributed by atoms with Crippen LogP contribution in [-0.4, -0.2) is 34.8 Å². The highest BCUT2D eigenvalue weighted by molar-refractivity contribution is 5.85. The van der Waals surface area contributed by atoms with Gasteiger partial charge in [-0.2, -0.15) is 0 Å². The van der Waals surface area contributed by atoms with E-state index in [0.717, 1.165) is 4.90 Å². The Kier molecular flexibility index (Phi) is 2.19. The summed E-state index contributed by atoms with van der Waals surface area (Å²) in [7, 11) is 0. The topological polar surface area (TPSA) is 59.5 Å². The van der Waals surface area contributed by atoms with Gasteiger partial charge in [0.15, 0.2) is 6.10 Å². The number of aromatic nitrogens is 1. The molecule has 0 aromatic carbocycles. The summed E-state index contributed by atoms with van der Waals surface area (Å²) >= 11 is 0. The molecule has 0 N–H and O–H groups in total. The van der Waals surface area contributed by atoms with Gasteiger partial charge in [-0.05, 0) is 11.6 Å². The number of carbonyl (C=O) groups excluding carboxylic acids is 2. The highest BCUT2D eigenvalue weighted by Gasteiger charge is 2.40. The minimum Gasteiger partial charge on any atom is -0.452 e. The number of likely N-dealkylation sites (tertiary alicyclic amines) is 1. The normalized spacial score (nSPS) is 27.2. The summed E-state index contributed by atoms with van der Waals surface area (Å²) in [6.45, 7) is -1.41. The second kappa shape index (κ2) is 4.53. The van der Waals surface area contributed by atoms with Gasteiger partial charge in [-0.25, -0.2) is 0 Å². The minimum absolute atomic E-state index is 0.114. The Bertz CT molecular complexity index is 518. The van der Waals surface area contributed by atoms with Gasteiger partial charge in [0.1, 0.15) is 0 Å². The summed E-state index contributed by atoms with van der Waals surface area (Å²) in [5.74, 6) is -1.31. The van der Waals surface area contributed by atoms with Gasteiger partial charge in [0.2, 0.25) is 0 Å². The number of nitrogens with zero attached hydrogens (tertiary/aromatic N) is 2. The molecule has 1 saturated heterocycles. The average Bonchev–Trinajstić information content (AvgIpc) is 2.67. The van der Waals surface area contributed by atoms with E-state index in [0.29, 0.717) is 5.56 Å². The number of hydrogen-bond donors (Lipinski definition) is 0. The number of pyridine rings is 1. The lowest BCUT2D eigenvalue weighted by Crippen LogP contribution is -2.29. The zero-order valence-electron chi connectivity index (χ0n) is 12.3. The molecule has 1 aromatic rings. The summed E-state index contributed by atoms with van der Waals surface area (Å²) in [4.78, 5) is 27.9. The molecular weight excluding hydrogens is 220 g/mol. The van der Waals surface area contributed by atoms with Gasteiger partial charge in [0, 0.05) is 36.8 Å². The number of hydrogen-bond acceptors (Lipinski definition) is 4. The van der Waals surface area contributed by atoms with Crippen molar-refractivity contribution in [1.29, 1.82) is 0 Å². The number of amides is 1. The number of likely N-dealkylation sites (N-methyl/N-ethyl adjacent to an activating group) is 1. The van der Waals surface area contributed by atoms with E-state index in [1.165, 1.54) is 13.1 Å². The minimum atomic E-state index is -2.59. The van der Waals surface area contributed by atoms with Gasteiger partial charge in [-0.15, -0.1) is 0 Å². The molecule has 1 fully saturated rings. The average molecular weight is 237 g/mol. The molecular formula is C12H14N2O3. The van der Waals surface area contributed by atoms with Gasteiger partial charge in [0.05, 0.1) is 6.04 Å². The van der Waals surface area contributed by atoms with Crippen LogP contribution in [0, 0.1) is 0 Å². The van der Waals surface area contributed by atoms with E-state index in [4.69, 9.17) is 8.85 Å². The van der Waals surface area contributed by atoms with Gasteiger partial charge in [-0.1, -0.05) is 6.07 Å². The van der Waals surface area contributed by atoms with Crippen molar-refractivity contribution < 1.29 is 18.4 Å². The number of rotatable bonds is 2. The molecule has 5 heteroatoms. The lowest BCUT2D eigenvalue weighted by molar-refractivity contribution is -0.153. The number of ether oxygens (including phenoxy) is 1. The SMILES string of the molecule is [2H]C([2H])([2H])N1C(=O)[C@H](OC(C)=O)C[C@H]1c1cccnc1. The number of carbonyl (C=O) groups is 2. The molecule has 17 heavy (non-hydrogen) atoms. The predicted molar refractivity (Wildman–Crippen MR) is 59.9 cm³/mol. The molecule has 1 amide bonds. The van der Waals surface area contributed by atoms with Gasteiger partial charge < -0.3 is 9.64 Å². The zero-order valence-corrected chi connectivity index (χ0v) is 9.29. The highest BCUT2D eigenvalue weighted by atomic mass is 16.5. The fourth-order valence-corrected chi connectivity index (χ4v) is 1.87. The van der Waals surface area contributed by atoms with Crippen molar-refractivity contribution in [2.24, 2.45) is 0 Å². The Morgan fingerprint density at radius 1 is 1.71 bits per heavy atom. The van der Waals surface area contributed by atoms with Gasteiger partial charge in [-0.3, -0.25) is 14.6 Å². The third-order valence-corrected chi connectivity index (χ3v) is 2.64. The predicted octanol–water partition coefficient (Wildman–Crippen LogP) is 0.916. The van der Waals surface area contributed by atoms with Crippen LogP contribution < -0.4 is 0 Å². The molecule has 90 valence electrons. The maximum absolute atomic E-state index is 12.1. The van der Waals surface area contributed by atoms with Crippen molar-refractivity contribution in [1.82, 2.24) is 9.88 Å². The van der Waals surface area contributed by atoms with E-state index < -0.39 is 31.0 Å². The van der Waals surface area contributed by atoms with Crippen LogP contribution in [0.2, 0.25) is 0 Å². The quantitative estimate of drug-likeness (QED) is 0.717. The fraction of sp³-hybridized carbons (Fsp3) is 0.417. The second-order valence-corrected chi connectivity index (χ2v) is 3.84. The third-order valence-electron chi connectivity index (χ3n) is 2.64. The smallest absolute Gasteiger partial charge is 0.303 e. The van der Waals surface area contributed by atoms with Crippen LogP contribution in [0.5, 0.6) is 0 Å². The molecule has 2 atom stereocenters. The van der Waals surface area contributed by atoms with Crippen LogP contribution in [0.3, 0.4) is 0 Å². The fourth-order valence-electron chi connectivity index (χ4n) is 1.87. The Hall–Kier alpha value is -1.91. The first-order chi connectivity index (χ1) is 9.30. The first kappa shape index (κ1) is 8.22. The summed E-state index contributed by atoms with van der Waals surface area (Å²) in [6.07, 6.45) is 2.12. The molecule has 1 aliphatic rings. The Morgan fingerprint density at radius 3 is 3.12 bits per heavy atom. The summed E-state index contributed by atoms with van der Waals surface area (Å²) in [6, 6.07) is 2.68. The standard InChI is InChI=1S/C12H14N2O3/c1-8(15)17-11-6-10(14(2)12(11)16)9-4-3-5-13-7-9/h3-5,7,10-11H,6H2,1-2H3/t10-,11+/m0/s1/i2D3. The lowest BCUT2D eigenvalue weighted by atomic mass is 10.1. The molecule has 0 radical (unpaired) electrons. The van der Waals surface area contributed by atoms with Crippen LogP contribution in [-0.2, 0) is 14.3 Å². The molecule has 2 rings (SSSR count). The van der Waals surface area contributed by atoms with Crippen LogP contribution in [0.1, 0.15) is 29.1 Å². The maximum Gasteiger partial charge on any atom is 0.303 e. The van der Waals surface area contributed by atoms with E-state index in [1.54, 1.807) is 18.3 Å². The lowest BCUT2D eigenvalue weighted by Gasteiger charge is -2.18. The summed E-state index contributed by atoms with van der Waals surface area (Å²) in [5, 5.41) is 0. The van der Waals surface area contributed by atoms with Crippen molar-refractivity contribution in [2.75, 3.05) is 6.98 Å². The van der Waals surface area contributed by atoms with Crippen molar-refractivity contribution in [2.45, 2.75) is 25.5 Å². The molecule has 0 unspecified atom stereocenters. The first-order valence-corrected chi connectivity index (χ1v) is 5.21. The monoisotopic (exact) mass is 237 g/mol. The van der Waals surface area contributed by atoms with Crippen molar-refractivity contribution in [3.8, 4) is 0 Å². The van der Waals surface area contributed by atoms with E-state index in [-0.39, 0.29) is 6.42 Å². The van der Waals surface area contributed by atoms with Crippen molar-refractivity contribution >= 4 is 11.9 Å². The zero-order chi connectivity index (χ0) is 14.9. The van der Waals surface area contributed by atoms with Crippen molar-refractivity contribution in [3.05, 3.63) is 30.1 Å². The Balaban J connectivity index is 2.34. The van der Waals surface area contributed by atoms with Crippen LogP contribution in [0.25, 0.3) is 0 Å². The molecule has 1 aromatic heterocycles. The molecule has 0 aliphatic carbocycles.